The molecule has 1 saturated heterocycles. The number of carbonyl (C=O) groups is 3. The minimum Gasteiger partial charge on any atom is -0.445 e. The number of alkyl carbamates (subject to hydrolysis) is 1. The number of ether oxygens (including phenoxy) is 2. The van der Waals surface area contributed by atoms with Gasteiger partial charge < -0.3 is 45.9 Å². The largest absolute Gasteiger partial charge is 0.445 e. The van der Waals surface area contributed by atoms with E-state index in [0.29, 0.717) is 0 Å². The van der Waals surface area contributed by atoms with E-state index in [2.05, 4.69) is 16.0 Å². The molecule has 12 heteroatoms. The van der Waals surface area contributed by atoms with Crippen molar-refractivity contribution >= 4 is 17.9 Å². The molecule has 1 aliphatic rings. The number of hydrogen-bond donors (Lipinski definition) is 7. The summed E-state index contributed by atoms with van der Waals surface area (Å²) < 4.78 is 9.84. The molecule has 0 aromatic heterocycles. The molecule has 0 radical (unpaired) electrons. The number of carbonyl (C=O) groups excluding carboxylic acids is 3. The molecule has 0 saturated carbocycles. The predicted octanol–water partition coefficient (Wildman–Crippen LogP) is -3.05. The lowest BCUT2D eigenvalue weighted by molar-refractivity contribution is -0.253. The van der Waals surface area contributed by atoms with E-state index >= 15 is 0 Å². The molecule has 1 aromatic carbocycles. The number of hydrogen-bond acceptors (Lipinski definition) is 9. The zero-order valence-corrected chi connectivity index (χ0v) is 15.9. The van der Waals surface area contributed by atoms with Crippen LogP contribution in [0.4, 0.5) is 4.79 Å². The van der Waals surface area contributed by atoms with Gasteiger partial charge in [-0.15, -0.1) is 0 Å². The topological polar surface area (TPSA) is 187 Å². The highest BCUT2D eigenvalue weighted by atomic mass is 16.6. The smallest absolute Gasteiger partial charge is 0.407 e. The SMILES string of the molecule is O=C(CNC(=O)OCc1ccccc1)NCC(=O)N[C@@H]1C(O)O[C@H](CO)[C@@H](O)[C@@H]1O. The van der Waals surface area contributed by atoms with E-state index in [0.717, 1.165) is 5.56 Å². The standard InChI is InChI=1S/C18H25N3O9/c22-8-11-15(25)16(26)14(17(27)30-11)21-13(24)7-19-12(23)6-20-18(28)29-9-10-4-2-1-3-5-10/h1-5,11,14-17,22,25-27H,6-9H2,(H,19,23)(H,20,28)(H,21,24)/t11-,14+,15-,16-,17?/m1/s1. The van der Waals surface area contributed by atoms with Crippen LogP contribution in [0.25, 0.3) is 0 Å². The highest BCUT2D eigenvalue weighted by Gasteiger charge is 2.44. The lowest BCUT2D eigenvalue weighted by Crippen LogP contribution is -2.64. The number of aliphatic hydroxyl groups excluding tert-OH is 4. The first-order chi connectivity index (χ1) is 14.3. The molecule has 12 nitrogen and oxygen atoms in total. The summed E-state index contributed by atoms with van der Waals surface area (Å²) >= 11 is 0. The van der Waals surface area contributed by atoms with Crippen LogP contribution in [0.5, 0.6) is 0 Å². The van der Waals surface area contributed by atoms with Crippen molar-refractivity contribution in [1.29, 1.82) is 0 Å². The van der Waals surface area contributed by atoms with Crippen LogP contribution in [0.3, 0.4) is 0 Å². The summed E-state index contributed by atoms with van der Waals surface area (Å²) in [4.78, 5) is 35.2. The third kappa shape index (κ3) is 6.93. The summed E-state index contributed by atoms with van der Waals surface area (Å²) in [6.45, 7) is -1.55. The fraction of sp³-hybridized carbons (Fsp3) is 0.500. The van der Waals surface area contributed by atoms with Crippen molar-refractivity contribution in [1.82, 2.24) is 16.0 Å². The van der Waals surface area contributed by atoms with Crippen LogP contribution in [-0.2, 0) is 25.7 Å². The van der Waals surface area contributed by atoms with Gasteiger partial charge in [-0.05, 0) is 5.56 Å². The number of benzene rings is 1. The number of rotatable bonds is 8. The van der Waals surface area contributed by atoms with Gasteiger partial charge in [0, 0.05) is 0 Å². The fourth-order valence-electron chi connectivity index (χ4n) is 2.66. The van der Waals surface area contributed by atoms with Gasteiger partial charge in [0.05, 0.1) is 13.2 Å². The Bertz CT molecular complexity index is 718. The quantitative estimate of drug-likeness (QED) is 0.226. The Kier molecular flexibility index (Phi) is 8.95. The molecule has 2 rings (SSSR count). The van der Waals surface area contributed by atoms with Gasteiger partial charge in [0.2, 0.25) is 11.8 Å². The van der Waals surface area contributed by atoms with Crippen molar-refractivity contribution in [3.63, 3.8) is 0 Å². The molecular weight excluding hydrogens is 402 g/mol. The van der Waals surface area contributed by atoms with Gasteiger partial charge in [0.15, 0.2) is 6.29 Å². The highest BCUT2D eigenvalue weighted by molar-refractivity contribution is 5.87. The molecule has 1 unspecified atom stereocenters. The second-order valence-electron chi connectivity index (χ2n) is 6.51. The van der Waals surface area contributed by atoms with Crippen LogP contribution in [0.1, 0.15) is 5.56 Å². The second-order valence-corrected chi connectivity index (χ2v) is 6.51. The molecule has 0 aliphatic carbocycles. The van der Waals surface area contributed by atoms with Crippen molar-refractivity contribution in [2.45, 2.75) is 37.3 Å². The Morgan fingerprint density at radius 2 is 1.63 bits per heavy atom. The molecule has 7 N–H and O–H groups in total. The molecule has 3 amide bonds. The first kappa shape index (κ1) is 23.5. The number of amides is 3. The van der Waals surface area contributed by atoms with Gasteiger partial charge in [-0.3, -0.25) is 9.59 Å². The van der Waals surface area contributed by atoms with E-state index in [-0.39, 0.29) is 6.61 Å². The molecule has 1 fully saturated rings. The Balaban J connectivity index is 1.66. The molecule has 0 bridgehead atoms. The molecule has 0 spiro atoms. The van der Waals surface area contributed by atoms with Crippen molar-refractivity contribution in [3.8, 4) is 0 Å². The highest BCUT2D eigenvalue weighted by Crippen LogP contribution is 2.19. The maximum atomic E-state index is 11.9. The summed E-state index contributed by atoms with van der Waals surface area (Å²) in [5.74, 6) is -1.46. The molecule has 166 valence electrons. The van der Waals surface area contributed by atoms with E-state index in [1.807, 2.05) is 6.07 Å². The van der Waals surface area contributed by atoms with Crippen molar-refractivity contribution in [2.24, 2.45) is 0 Å². The molecule has 1 aliphatic heterocycles. The summed E-state index contributed by atoms with van der Waals surface area (Å²) in [7, 11) is 0. The minimum atomic E-state index is -1.67. The average molecular weight is 427 g/mol. The first-order valence-electron chi connectivity index (χ1n) is 9.13. The third-order valence-electron chi connectivity index (χ3n) is 4.28. The Morgan fingerprint density at radius 3 is 2.30 bits per heavy atom. The maximum absolute atomic E-state index is 11.9. The first-order valence-corrected chi connectivity index (χ1v) is 9.13. The predicted molar refractivity (Wildman–Crippen MR) is 99.5 cm³/mol. The van der Waals surface area contributed by atoms with Gasteiger partial charge in [0.1, 0.15) is 37.5 Å². The Morgan fingerprint density at radius 1 is 0.967 bits per heavy atom. The minimum absolute atomic E-state index is 0.0355. The van der Waals surface area contributed by atoms with Crippen LogP contribution in [0.2, 0.25) is 0 Å². The monoisotopic (exact) mass is 427 g/mol. The zero-order chi connectivity index (χ0) is 22.1. The van der Waals surface area contributed by atoms with E-state index < -0.39 is 68.2 Å². The summed E-state index contributed by atoms with van der Waals surface area (Å²) in [6, 6.07) is 7.58. The fourth-order valence-corrected chi connectivity index (χ4v) is 2.66. The van der Waals surface area contributed by atoms with E-state index in [1.54, 1.807) is 24.3 Å². The zero-order valence-electron chi connectivity index (χ0n) is 15.9. The Hall–Kier alpha value is -2.77. The van der Waals surface area contributed by atoms with Crippen LogP contribution < -0.4 is 16.0 Å². The van der Waals surface area contributed by atoms with Crippen molar-refractivity contribution < 1.29 is 44.3 Å². The molecule has 1 aromatic rings. The number of nitrogens with one attached hydrogen (secondary N) is 3. The van der Waals surface area contributed by atoms with Crippen LogP contribution >= 0.6 is 0 Å². The maximum Gasteiger partial charge on any atom is 0.407 e. The molecule has 30 heavy (non-hydrogen) atoms. The van der Waals surface area contributed by atoms with E-state index in [9.17, 15) is 29.7 Å². The summed E-state index contributed by atoms with van der Waals surface area (Å²) in [5, 5.41) is 45.2. The van der Waals surface area contributed by atoms with Gasteiger partial charge in [-0.25, -0.2) is 4.79 Å². The van der Waals surface area contributed by atoms with E-state index in [1.165, 1.54) is 0 Å². The normalized spacial score (nSPS) is 25.8. The van der Waals surface area contributed by atoms with Gasteiger partial charge in [0.25, 0.3) is 0 Å². The second kappa shape index (κ2) is 11.4. The van der Waals surface area contributed by atoms with Crippen LogP contribution in [-0.4, -0.2) is 88.7 Å². The Labute approximate surface area is 171 Å². The average Bonchev–Trinajstić information content (AvgIpc) is 2.75. The van der Waals surface area contributed by atoms with E-state index in [4.69, 9.17) is 14.6 Å². The molecule has 5 atom stereocenters. The van der Waals surface area contributed by atoms with Gasteiger partial charge in [-0.2, -0.15) is 0 Å². The lowest BCUT2D eigenvalue weighted by Gasteiger charge is -2.40. The van der Waals surface area contributed by atoms with Crippen LogP contribution in [0, 0.1) is 0 Å². The molecule has 1 heterocycles. The summed E-state index contributed by atoms with van der Waals surface area (Å²) in [6.07, 6.45) is -6.79. The lowest BCUT2D eigenvalue weighted by atomic mass is 9.97. The van der Waals surface area contributed by atoms with Gasteiger partial charge >= 0.3 is 6.09 Å². The summed E-state index contributed by atoms with van der Waals surface area (Å²) in [5.41, 5.74) is 0.778. The van der Waals surface area contributed by atoms with Crippen molar-refractivity contribution in [2.75, 3.05) is 19.7 Å². The third-order valence-corrected chi connectivity index (χ3v) is 4.28. The van der Waals surface area contributed by atoms with Gasteiger partial charge in [-0.1, -0.05) is 30.3 Å². The van der Waals surface area contributed by atoms with Crippen LogP contribution in [0.15, 0.2) is 30.3 Å². The van der Waals surface area contributed by atoms with Crippen molar-refractivity contribution in [3.05, 3.63) is 35.9 Å². The number of aliphatic hydroxyl groups is 4. The molecular formula is C18H25N3O9.